The second-order valence-electron chi connectivity index (χ2n) is 8.73. The zero-order chi connectivity index (χ0) is 22.9. The average molecular weight is 453 g/mol. The van der Waals surface area contributed by atoms with Crippen molar-refractivity contribution in [1.82, 2.24) is 0 Å². The van der Waals surface area contributed by atoms with Crippen LogP contribution in [-0.4, -0.2) is 0 Å². The highest BCUT2D eigenvalue weighted by Gasteiger charge is 2.33. The van der Waals surface area contributed by atoms with Gasteiger partial charge in [-0.2, -0.15) is 0 Å². The van der Waals surface area contributed by atoms with E-state index in [1.54, 1.807) is 0 Å². The Kier molecular flexibility index (Phi) is 8.07. The van der Waals surface area contributed by atoms with Crippen LogP contribution in [0.15, 0.2) is 129 Å². The molecule has 0 aromatic heterocycles. The molecule has 33 heavy (non-hydrogen) atoms. The Morgan fingerprint density at radius 1 is 0.424 bits per heavy atom. The Bertz CT molecular complexity index is 1000. The van der Waals surface area contributed by atoms with E-state index in [2.05, 4.69) is 123 Å². The molecule has 0 fully saturated rings. The summed E-state index contributed by atoms with van der Waals surface area (Å²) in [7, 11) is -1.59. The van der Waals surface area contributed by atoms with Crippen molar-refractivity contribution < 1.29 is 0 Å². The summed E-state index contributed by atoms with van der Waals surface area (Å²) in [4.78, 5) is 5.58. The highest BCUT2D eigenvalue weighted by molar-refractivity contribution is 8.34. The minimum absolute atomic E-state index is 1.15. The van der Waals surface area contributed by atoms with Crippen LogP contribution in [0.2, 0.25) is 0 Å². The number of benzene rings is 4. The maximum Gasteiger partial charge on any atom is 0.00231 e. The van der Waals surface area contributed by atoms with Crippen molar-refractivity contribution >= 4 is 10.0 Å². The third-order valence-electron chi connectivity index (χ3n) is 6.39. The van der Waals surface area contributed by atoms with Gasteiger partial charge >= 0.3 is 0 Å². The fourth-order valence-electron chi connectivity index (χ4n) is 4.55. The van der Waals surface area contributed by atoms with Gasteiger partial charge in [-0.3, -0.25) is 0 Å². The van der Waals surface area contributed by atoms with Crippen LogP contribution in [0.25, 0.3) is 0 Å². The van der Waals surface area contributed by atoms with E-state index in [4.69, 9.17) is 0 Å². The highest BCUT2D eigenvalue weighted by Crippen LogP contribution is 2.73. The summed E-state index contributed by atoms with van der Waals surface area (Å²) in [6.45, 7) is 4.52. The molecule has 0 spiro atoms. The molecular formula is C32H36S. The number of hydrogen-bond acceptors (Lipinski definition) is 0. The monoisotopic (exact) mass is 452 g/mol. The van der Waals surface area contributed by atoms with E-state index in [0.717, 1.165) is 12.8 Å². The van der Waals surface area contributed by atoms with Gasteiger partial charge < -0.3 is 0 Å². The van der Waals surface area contributed by atoms with Gasteiger partial charge in [0.1, 0.15) is 0 Å². The lowest BCUT2D eigenvalue weighted by molar-refractivity contribution is 0.794. The van der Waals surface area contributed by atoms with Crippen molar-refractivity contribution in [2.45, 2.75) is 72.0 Å². The summed E-state index contributed by atoms with van der Waals surface area (Å²) in [5.74, 6) is 0. The Labute approximate surface area is 202 Å². The molecule has 170 valence electrons. The largest absolute Gasteiger partial charge is 0.133 e. The van der Waals surface area contributed by atoms with Gasteiger partial charge in [0.25, 0.3) is 0 Å². The van der Waals surface area contributed by atoms with E-state index in [1.165, 1.54) is 56.4 Å². The van der Waals surface area contributed by atoms with Gasteiger partial charge in [-0.15, -0.1) is 10.0 Å². The van der Waals surface area contributed by atoms with Crippen molar-refractivity contribution in [3.63, 3.8) is 0 Å². The van der Waals surface area contributed by atoms with Crippen LogP contribution in [-0.2, 0) is 12.8 Å². The third kappa shape index (κ3) is 5.09. The van der Waals surface area contributed by atoms with Crippen molar-refractivity contribution in [2.24, 2.45) is 0 Å². The topological polar surface area (TPSA) is 0 Å². The van der Waals surface area contributed by atoms with Crippen LogP contribution in [0.4, 0.5) is 0 Å². The van der Waals surface area contributed by atoms with Crippen molar-refractivity contribution in [3.05, 3.63) is 120 Å². The number of hydrogen-bond donors (Lipinski definition) is 0. The molecule has 4 aromatic carbocycles. The molecule has 0 nitrogen and oxygen atoms in total. The van der Waals surface area contributed by atoms with Gasteiger partial charge in [0.2, 0.25) is 0 Å². The molecule has 1 heteroatoms. The number of unbranched alkanes of at least 4 members (excludes halogenated alkanes) is 2. The molecular weight excluding hydrogens is 416 g/mol. The lowest BCUT2D eigenvalue weighted by Gasteiger charge is -2.42. The lowest BCUT2D eigenvalue weighted by atomic mass is 10.1. The zero-order valence-electron chi connectivity index (χ0n) is 20.0. The van der Waals surface area contributed by atoms with Crippen LogP contribution in [0.1, 0.15) is 50.7 Å². The standard InChI is InChI=1S/C32H36S/c1-3-5-13-27-19-23-31(24-20-27)33(29-15-9-7-10-16-29,30-17-11-8-12-18-30)32-25-21-28(22-26-32)14-6-4-2/h7-12,15-26H,3-6,13-14H2,1-2H3. The average Bonchev–Trinajstić information content (AvgIpc) is 2.89. The van der Waals surface area contributed by atoms with Crippen molar-refractivity contribution in [1.29, 1.82) is 0 Å². The molecule has 0 unspecified atom stereocenters. The Balaban J connectivity index is 1.92. The fraction of sp³-hybridized carbons (Fsp3) is 0.250. The Hall–Kier alpha value is -2.77. The van der Waals surface area contributed by atoms with E-state index in [-0.39, 0.29) is 0 Å². The molecule has 0 N–H and O–H groups in total. The first-order valence-electron chi connectivity index (χ1n) is 12.4. The van der Waals surface area contributed by atoms with Crippen LogP contribution in [0.5, 0.6) is 0 Å². The summed E-state index contributed by atoms with van der Waals surface area (Å²) in [6.07, 6.45) is 7.26. The molecule has 4 aromatic rings. The smallest absolute Gasteiger partial charge is 0.00231 e. The summed E-state index contributed by atoms with van der Waals surface area (Å²) >= 11 is 0. The van der Waals surface area contributed by atoms with Crippen LogP contribution < -0.4 is 0 Å². The van der Waals surface area contributed by atoms with Gasteiger partial charge in [0.15, 0.2) is 0 Å². The van der Waals surface area contributed by atoms with E-state index < -0.39 is 10.0 Å². The van der Waals surface area contributed by atoms with Crippen LogP contribution in [0.3, 0.4) is 0 Å². The van der Waals surface area contributed by atoms with E-state index in [1.807, 2.05) is 0 Å². The van der Waals surface area contributed by atoms with Crippen molar-refractivity contribution in [2.75, 3.05) is 0 Å². The SMILES string of the molecule is CCCCc1ccc(S(c2ccccc2)(c2ccccc2)c2ccc(CCCC)cc2)cc1. The Morgan fingerprint density at radius 2 is 0.758 bits per heavy atom. The first-order chi connectivity index (χ1) is 16.3. The quantitative estimate of drug-likeness (QED) is 0.225. The van der Waals surface area contributed by atoms with E-state index in [0.29, 0.717) is 0 Å². The zero-order valence-corrected chi connectivity index (χ0v) is 20.9. The van der Waals surface area contributed by atoms with Gasteiger partial charge in [-0.05, 0) is 85.3 Å². The molecule has 0 saturated carbocycles. The first-order valence-corrected chi connectivity index (χ1v) is 14.0. The van der Waals surface area contributed by atoms with E-state index in [9.17, 15) is 0 Å². The Morgan fingerprint density at radius 3 is 1.09 bits per heavy atom. The van der Waals surface area contributed by atoms with Crippen LogP contribution >= 0.6 is 10.0 Å². The van der Waals surface area contributed by atoms with Gasteiger partial charge in [-0.1, -0.05) is 87.4 Å². The fourth-order valence-corrected chi connectivity index (χ4v) is 8.40. The normalized spacial score (nSPS) is 11.9. The lowest BCUT2D eigenvalue weighted by Crippen LogP contribution is -2.05. The highest BCUT2D eigenvalue weighted by atomic mass is 32.3. The minimum Gasteiger partial charge on any atom is -0.133 e. The van der Waals surface area contributed by atoms with Gasteiger partial charge in [0, 0.05) is 19.6 Å². The molecule has 0 heterocycles. The predicted molar refractivity (Wildman–Crippen MR) is 144 cm³/mol. The second kappa shape index (κ2) is 11.4. The van der Waals surface area contributed by atoms with E-state index >= 15 is 0 Å². The van der Waals surface area contributed by atoms with Gasteiger partial charge in [0.05, 0.1) is 0 Å². The maximum absolute atomic E-state index is 2.39. The third-order valence-corrected chi connectivity index (χ3v) is 10.3. The molecule has 0 amide bonds. The molecule has 0 aliphatic carbocycles. The molecule has 0 saturated heterocycles. The predicted octanol–water partition coefficient (Wildman–Crippen LogP) is 9.71. The molecule has 0 atom stereocenters. The summed E-state index contributed by atoms with van der Waals surface area (Å²) in [6, 6.07) is 41.3. The second-order valence-corrected chi connectivity index (χ2v) is 11.8. The van der Waals surface area contributed by atoms with Crippen LogP contribution in [0, 0.1) is 0 Å². The summed E-state index contributed by atoms with van der Waals surface area (Å²) in [5.41, 5.74) is 2.87. The summed E-state index contributed by atoms with van der Waals surface area (Å²) < 4.78 is 0. The first kappa shape index (κ1) is 23.4. The molecule has 0 bridgehead atoms. The van der Waals surface area contributed by atoms with Gasteiger partial charge in [-0.25, -0.2) is 0 Å². The number of rotatable bonds is 10. The van der Waals surface area contributed by atoms with Crippen molar-refractivity contribution in [3.8, 4) is 0 Å². The maximum atomic E-state index is 2.39. The molecule has 4 rings (SSSR count). The molecule has 0 aliphatic heterocycles. The molecule has 0 radical (unpaired) electrons. The number of aryl methyl sites for hydroxylation is 2. The molecule has 0 aliphatic rings. The summed E-state index contributed by atoms with van der Waals surface area (Å²) in [5, 5.41) is 0. The minimum atomic E-state index is -1.59.